The van der Waals surface area contributed by atoms with Gasteiger partial charge in [-0.15, -0.1) is 0 Å². The van der Waals surface area contributed by atoms with Crippen LogP contribution in [0.4, 0.5) is 5.82 Å². The fourth-order valence-corrected chi connectivity index (χ4v) is 2.53. The summed E-state index contributed by atoms with van der Waals surface area (Å²) in [4.78, 5) is 6.74. The molecule has 0 bridgehead atoms. The third-order valence-electron chi connectivity index (χ3n) is 2.31. The van der Waals surface area contributed by atoms with Gasteiger partial charge < -0.3 is 5.32 Å². The molecule has 0 aliphatic heterocycles. The number of hydrogen-bond donors (Lipinski definition) is 1. The van der Waals surface area contributed by atoms with Gasteiger partial charge in [0.2, 0.25) is 0 Å². The van der Waals surface area contributed by atoms with Crippen molar-refractivity contribution < 1.29 is 0 Å². The highest BCUT2D eigenvalue weighted by Gasteiger charge is 1.99. The molecule has 2 aromatic rings. The van der Waals surface area contributed by atoms with Crippen molar-refractivity contribution in [3.63, 3.8) is 0 Å². The van der Waals surface area contributed by atoms with E-state index >= 15 is 0 Å². The van der Waals surface area contributed by atoms with Gasteiger partial charge in [-0.05, 0) is 38.1 Å². The zero-order valence-electron chi connectivity index (χ0n) is 10.1. The molecular weight excluding hydrogens is 228 g/mol. The Bertz CT molecular complexity index is 497. The summed E-state index contributed by atoms with van der Waals surface area (Å²) in [5.41, 5.74) is 1.29. The van der Waals surface area contributed by atoms with Gasteiger partial charge in [-0.3, -0.25) is 0 Å². The topological polar surface area (TPSA) is 24.9 Å². The molecule has 2 nitrogen and oxygen atoms in total. The molecule has 1 heterocycles. The predicted molar refractivity (Wildman–Crippen MR) is 73.7 cm³/mol. The lowest BCUT2D eigenvalue weighted by Crippen LogP contribution is -1.98. The van der Waals surface area contributed by atoms with Gasteiger partial charge in [0, 0.05) is 22.5 Å². The Morgan fingerprint density at radius 3 is 2.76 bits per heavy atom. The van der Waals surface area contributed by atoms with E-state index in [1.807, 2.05) is 12.3 Å². The molecule has 0 unspecified atom stereocenters. The van der Waals surface area contributed by atoms with Gasteiger partial charge in [0.05, 0.1) is 0 Å². The van der Waals surface area contributed by atoms with Crippen LogP contribution in [0.15, 0.2) is 52.4 Å². The first kappa shape index (κ1) is 12.0. The summed E-state index contributed by atoms with van der Waals surface area (Å²) >= 11 is 1.76. The maximum Gasteiger partial charge on any atom is 0.126 e. The van der Waals surface area contributed by atoms with Crippen molar-refractivity contribution >= 4 is 17.6 Å². The highest BCUT2D eigenvalue weighted by molar-refractivity contribution is 7.99. The van der Waals surface area contributed by atoms with E-state index < -0.39 is 0 Å². The molecule has 0 aliphatic rings. The van der Waals surface area contributed by atoms with Crippen LogP contribution in [0.3, 0.4) is 0 Å². The fourth-order valence-electron chi connectivity index (χ4n) is 1.57. The molecule has 0 spiro atoms. The van der Waals surface area contributed by atoms with Crippen molar-refractivity contribution in [2.45, 2.75) is 23.6 Å². The molecule has 0 amide bonds. The van der Waals surface area contributed by atoms with Crippen LogP contribution in [0.1, 0.15) is 12.5 Å². The first-order valence-electron chi connectivity index (χ1n) is 5.72. The summed E-state index contributed by atoms with van der Waals surface area (Å²) in [6.45, 7) is 5.08. The number of hydrogen-bond acceptors (Lipinski definition) is 3. The van der Waals surface area contributed by atoms with Crippen molar-refractivity contribution in [2.24, 2.45) is 0 Å². The Kier molecular flexibility index (Phi) is 4.04. The lowest BCUT2D eigenvalue weighted by molar-refractivity contribution is 1.14. The van der Waals surface area contributed by atoms with E-state index in [2.05, 4.69) is 54.5 Å². The van der Waals surface area contributed by atoms with Crippen LogP contribution in [-0.2, 0) is 0 Å². The van der Waals surface area contributed by atoms with E-state index in [1.54, 1.807) is 11.8 Å². The number of nitrogens with zero attached hydrogens (tertiary/aromatic N) is 1. The summed E-state index contributed by atoms with van der Waals surface area (Å²) in [6.07, 6.45) is 1.84. The summed E-state index contributed by atoms with van der Waals surface area (Å²) in [5.74, 6) is 0.935. The Balaban J connectivity index is 2.15. The normalized spacial score (nSPS) is 10.2. The van der Waals surface area contributed by atoms with Crippen LogP contribution in [0.5, 0.6) is 0 Å². The Hall–Kier alpha value is -1.48. The maximum atomic E-state index is 4.26. The molecule has 0 fully saturated rings. The van der Waals surface area contributed by atoms with Gasteiger partial charge in [-0.25, -0.2) is 4.98 Å². The Morgan fingerprint density at radius 1 is 1.18 bits per heavy atom. The van der Waals surface area contributed by atoms with Gasteiger partial charge in [0.15, 0.2) is 0 Å². The van der Waals surface area contributed by atoms with Gasteiger partial charge in [-0.2, -0.15) is 0 Å². The zero-order chi connectivity index (χ0) is 12.1. The molecule has 1 aromatic heterocycles. The molecule has 1 aromatic carbocycles. The summed E-state index contributed by atoms with van der Waals surface area (Å²) in [6, 6.07) is 12.6. The summed E-state index contributed by atoms with van der Waals surface area (Å²) in [7, 11) is 0. The standard InChI is InChI=1S/C14H16N2S/c1-3-15-14-10-13(7-8-16-14)17-12-6-4-5-11(2)9-12/h4-10H,3H2,1-2H3,(H,15,16). The van der Waals surface area contributed by atoms with Gasteiger partial charge in [0.1, 0.15) is 5.82 Å². The van der Waals surface area contributed by atoms with Crippen LogP contribution in [0.25, 0.3) is 0 Å². The van der Waals surface area contributed by atoms with Crippen LogP contribution in [0, 0.1) is 6.92 Å². The molecule has 17 heavy (non-hydrogen) atoms. The van der Waals surface area contributed by atoms with Crippen LogP contribution in [0.2, 0.25) is 0 Å². The highest BCUT2D eigenvalue weighted by Crippen LogP contribution is 2.28. The zero-order valence-corrected chi connectivity index (χ0v) is 10.9. The number of anilines is 1. The van der Waals surface area contributed by atoms with Crippen molar-refractivity contribution in [2.75, 3.05) is 11.9 Å². The van der Waals surface area contributed by atoms with E-state index in [-0.39, 0.29) is 0 Å². The number of pyridine rings is 1. The van der Waals surface area contributed by atoms with Crippen molar-refractivity contribution in [1.82, 2.24) is 4.98 Å². The number of nitrogens with one attached hydrogen (secondary N) is 1. The monoisotopic (exact) mass is 244 g/mol. The minimum Gasteiger partial charge on any atom is -0.370 e. The number of aryl methyl sites for hydroxylation is 1. The van der Waals surface area contributed by atoms with Gasteiger partial charge in [-0.1, -0.05) is 29.5 Å². The number of rotatable bonds is 4. The SMILES string of the molecule is CCNc1cc(Sc2cccc(C)c2)ccn1. The predicted octanol–water partition coefficient (Wildman–Crippen LogP) is 3.97. The second-order valence-electron chi connectivity index (χ2n) is 3.83. The first-order chi connectivity index (χ1) is 8.28. The average Bonchev–Trinajstić information content (AvgIpc) is 2.30. The molecule has 1 N–H and O–H groups in total. The van der Waals surface area contributed by atoms with E-state index in [0.717, 1.165) is 12.4 Å². The highest BCUT2D eigenvalue weighted by atomic mass is 32.2. The molecule has 88 valence electrons. The largest absolute Gasteiger partial charge is 0.370 e. The van der Waals surface area contributed by atoms with Crippen LogP contribution < -0.4 is 5.32 Å². The van der Waals surface area contributed by atoms with Crippen molar-refractivity contribution in [3.8, 4) is 0 Å². The van der Waals surface area contributed by atoms with Crippen LogP contribution >= 0.6 is 11.8 Å². The van der Waals surface area contributed by atoms with E-state index in [0.29, 0.717) is 0 Å². The average molecular weight is 244 g/mol. The smallest absolute Gasteiger partial charge is 0.126 e. The van der Waals surface area contributed by atoms with Gasteiger partial charge >= 0.3 is 0 Å². The lowest BCUT2D eigenvalue weighted by Gasteiger charge is -2.05. The second kappa shape index (κ2) is 5.73. The first-order valence-corrected chi connectivity index (χ1v) is 6.54. The molecule has 0 aliphatic carbocycles. The molecule has 3 heteroatoms. The Morgan fingerprint density at radius 2 is 2.00 bits per heavy atom. The molecule has 2 rings (SSSR count). The maximum absolute atomic E-state index is 4.26. The molecule has 0 saturated carbocycles. The van der Waals surface area contributed by atoms with E-state index in [9.17, 15) is 0 Å². The van der Waals surface area contributed by atoms with Gasteiger partial charge in [0.25, 0.3) is 0 Å². The summed E-state index contributed by atoms with van der Waals surface area (Å²) in [5, 5.41) is 3.22. The summed E-state index contributed by atoms with van der Waals surface area (Å²) < 4.78 is 0. The third-order valence-corrected chi connectivity index (χ3v) is 3.29. The van der Waals surface area contributed by atoms with E-state index in [4.69, 9.17) is 0 Å². The molecule has 0 saturated heterocycles. The second-order valence-corrected chi connectivity index (χ2v) is 4.97. The van der Waals surface area contributed by atoms with Crippen molar-refractivity contribution in [3.05, 3.63) is 48.2 Å². The van der Waals surface area contributed by atoms with Crippen molar-refractivity contribution in [1.29, 1.82) is 0 Å². The lowest BCUT2D eigenvalue weighted by atomic mass is 10.2. The minimum absolute atomic E-state index is 0.894. The molecule has 0 atom stereocenters. The molecule has 0 radical (unpaired) electrons. The number of benzene rings is 1. The quantitative estimate of drug-likeness (QED) is 0.880. The molecular formula is C14H16N2S. The van der Waals surface area contributed by atoms with E-state index in [1.165, 1.54) is 15.4 Å². The Labute approximate surface area is 106 Å². The third kappa shape index (κ3) is 3.49. The van der Waals surface area contributed by atoms with Crippen LogP contribution in [-0.4, -0.2) is 11.5 Å². The fraction of sp³-hybridized carbons (Fsp3) is 0.214. The number of aromatic nitrogens is 1. The minimum atomic E-state index is 0.894.